The van der Waals surface area contributed by atoms with Crippen molar-refractivity contribution in [1.29, 1.82) is 0 Å². The molecule has 2 aromatic rings. The number of imidazole rings is 1. The first-order valence-corrected chi connectivity index (χ1v) is 7.85. The lowest BCUT2D eigenvalue weighted by Gasteiger charge is -2.19. The standard InChI is InChI=1S/C16H24N4O3/c1-6-11(7-2)20-12-8-10(9-17-13(12)19-14(20)21)18-15(22)23-16(3,4)5/h8-9,11H,6-7H2,1-5H3,(H,18,22)(H,17,19,21). The van der Waals surface area contributed by atoms with Crippen LogP contribution in [0.2, 0.25) is 0 Å². The van der Waals surface area contributed by atoms with Crippen LogP contribution in [0.5, 0.6) is 0 Å². The minimum Gasteiger partial charge on any atom is -0.444 e. The van der Waals surface area contributed by atoms with Crippen LogP contribution in [0.4, 0.5) is 10.5 Å². The van der Waals surface area contributed by atoms with E-state index >= 15 is 0 Å². The summed E-state index contributed by atoms with van der Waals surface area (Å²) in [5.74, 6) is 0. The van der Waals surface area contributed by atoms with E-state index in [-0.39, 0.29) is 11.7 Å². The van der Waals surface area contributed by atoms with Crippen LogP contribution in [0.1, 0.15) is 53.5 Å². The second-order valence-electron chi connectivity index (χ2n) is 6.49. The van der Waals surface area contributed by atoms with Crippen molar-refractivity contribution in [3.63, 3.8) is 0 Å². The fraction of sp³-hybridized carbons (Fsp3) is 0.562. The lowest BCUT2D eigenvalue weighted by Crippen LogP contribution is -2.27. The number of ether oxygens (including phenoxy) is 1. The summed E-state index contributed by atoms with van der Waals surface area (Å²) in [7, 11) is 0. The highest BCUT2D eigenvalue weighted by atomic mass is 16.6. The fourth-order valence-electron chi connectivity index (χ4n) is 2.51. The molecule has 2 N–H and O–H groups in total. The van der Waals surface area contributed by atoms with E-state index in [4.69, 9.17) is 4.74 Å². The number of aromatic nitrogens is 3. The van der Waals surface area contributed by atoms with E-state index in [2.05, 4.69) is 15.3 Å². The second-order valence-corrected chi connectivity index (χ2v) is 6.49. The molecule has 2 rings (SSSR count). The summed E-state index contributed by atoms with van der Waals surface area (Å²) in [5.41, 5.74) is 0.919. The van der Waals surface area contributed by atoms with Crippen LogP contribution in [-0.4, -0.2) is 26.2 Å². The number of hydrogen-bond donors (Lipinski definition) is 2. The van der Waals surface area contributed by atoms with Gasteiger partial charge in [-0.3, -0.25) is 14.9 Å². The van der Waals surface area contributed by atoms with Crippen molar-refractivity contribution in [3.8, 4) is 0 Å². The summed E-state index contributed by atoms with van der Waals surface area (Å²) in [6.45, 7) is 9.46. The molecular weight excluding hydrogens is 296 g/mol. The summed E-state index contributed by atoms with van der Waals surface area (Å²) in [4.78, 5) is 31.0. The van der Waals surface area contributed by atoms with Crippen molar-refractivity contribution in [3.05, 3.63) is 22.7 Å². The molecule has 0 aromatic carbocycles. The Morgan fingerprint density at radius 3 is 2.61 bits per heavy atom. The first kappa shape index (κ1) is 17.1. The van der Waals surface area contributed by atoms with Crippen molar-refractivity contribution in [1.82, 2.24) is 14.5 Å². The average Bonchev–Trinajstić information content (AvgIpc) is 2.75. The van der Waals surface area contributed by atoms with Gasteiger partial charge >= 0.3 is 11.8 Å². The molecule has 7 nitrogen and oxygen atoms in total. The van der Waals surface area contributed by atoms with E-state index in [0.29, 0.717) is 16.9 Å². The van der Waals surface area contributed by atoms with Gasteiger partial charge in [-0.2, -0.15) is 0 Å². The maximum absolute atomic E-state index is 12.2. The molecule has 0 aliphatic carbocycles. The van der Waals surface area contributed by atoms with E-state index in [1.54, 1.807) is 31.4 Å². The number of nitrogens with one attached hydrogen (secondary N) is 2. The smallest absolute Gasteiger partial charge is 0.412 e. The molecule has 0 aliphatic rings. The molecule has 0 spiro atoms. The van der Waals surface area contributed by atoms with E-state index in [0.717, 1.165) is 12.8 Å². The van der Waals surface area contributed by atoms with Gasteiger partial charge in [0.15, 0.2) is 5.65 Å². The Morgan fingerprint density at radius 2 is 2.04 bits per heavy atom. The molecule has 0 bridgehead atoms. The number of carbonyl (C=O) groups is 1. The van der Waals surface area contributed by atoms with Gasteiger partial charge in [0, 0.05) is 6.04 Å². The van der Waals surface area contributed by atoms with Gasteiger partial charge in [0.1, 0.15) is 5.60 Å². The SMILES string of the molecule is CCC(CC)n1c(=O)[nH]c2ncc(NC(=O)OC(C)(C)C)cc21. The third-order valence-corrected chi connectivity index (χ3v) is 3.52. The molecule has 23 heavy (non-hydrogen) atoms. The highest BCUT2D eigenvalue weighted by Crippen LogP contribution is 2.21. The summed E-state index contributed by atoms with van der Waals surface area (Å²) in [5, 5.41) is 2.65. The van der Waals surface area contributed by atoms with E-state index in [1.165, 1.54) is 6.20 Å². The topological polar surface area (TPSA) is 89.0 Å². The van der Waals surface area contributed by atoms with Crippen LogP contribution in [0.15, 0.2) is 17.1 Å². The molecule has 126 valence electrons. The summed E-state index contributed by atoms with van der Waals surface area (Å²) >= 11 is 0. The Hall–Kier alpha value is -2.31. The van der Waals surface area contributed by atoms with E-state index in [9.17, 15) is 9.59 Å². The predicted molar refractivity (Wildman–Crippen MR) is 89.8 cm³/mol. The Labute approximate surface area is 135 Å². The number of hydrogen-bond acceptors (Lipinski definition) is 4. The van der Waals surface area contributed by atoms with Gasteiger partial charge in [-0.25, -0.2) is 14.6 Å². The monoisotopic (exact) mass is 320 g/mol. The number of rotatable bonds is 4. The van der Waals surface area contributed by atoms with Gasteiger partial charge in [-0.1, -0.05) is 13.8 Å². The molecule has 0 aliphatic heterocycles. The Bertz CT molecular complexity index is 751. The zero-order valence-corrected chi connectivity index (χ0v) is 14.3. The lowest BCUT2D eigenvalue weighted by molar-refractivity contribution is 0.0636. The Balaban J connectivity index is 2.36. The Morgan fingerprint density at radius 1 is 1.39 bits per heavy atom. The summed E-state index contributed by atoms with van der Waals surface area (Å²) in [6, 6.07) is 1.83. The molecule has 2 heterocycles. The van der Waals surface area contributed by atoms with Gasteiger partial charge in [0.25, 0.3) is 0 Å². The van der Waals surface area contributed by atoms with Crippen molar-refractivity contribution in [2.75, 3.05) is 5.32 Å². The molecule has 0 unspecified atom stereocenters. The molecule has 7 heteroatoms. The molecular formula is C16H24N4O3. The normalized spacial score (nSPS) is 11.9. The maximum atomic E-state index is 12.2. The minimum atomic E-state index is -0.576. The molecule has 0 radical (unpaired) electrons. The second kappa shape index (κ2) is 6.44. The molecule has 0 saturated carbocycles. The largest absolute Gasteiger partial charge is 0.444 e. The average molecular weight is 320 g/mol. The van der Waals surface area contributed by atoms with Crippen molar-refractivity contribution < 1.29 is 9.53 Å². The van der Waals surface area contributed by atoms with Crippen LogP contribution < -0.4 is 11.0 Å². The minimum absolute atomic E-state index is 0.0924. The number of anilines is 1. The number of carbonyl (C=O) groups excluding carboxylic acids is 1. The number of nitrogens with zero attached hydrogens (tertiary/aromatic N) is 2. The van der Waals surface area contributed by atoms with Gasteiger partial charge in [-0.15, -0.1) is 0 Å². The molecule has 2 aromatic heterocycles. The van der Waals surface area contributed by atoms with E-state index < -0.39 is 11.7 Å². The van der Waals surface area contributed by atoms with Crippen molar-refractivity contribution >= 4 is 22.9 Å². The number of fused-ring (bicyclic) bond motifs is 1. The van der Waals surface area contributed by atoms with Crippen molar-refractivity contribution in [2.24, 2.45) is 0 Å². The van der Waals surface area contributed by atoms with Crippen LogP contribution in [-0.2, 0) is 4.74 Å². The van der Waals surface area contributed by atoms with Crippen LogP contribution >= 0.6 is 0 Å². The number of pyridine rings is 1. The lowest BCUT2D eigenvalue weighted by atomic mass is 10.1. The fourth-order valence-corrected chi connectivity index (χ4v) is 2.51. The van der Waals surface area contributed by atoms with Gasteiger partial charge in [-0.05, 0) is 39.7 Å². The highest BCUT2D eigenvalue weighted by Gasteiger charge is 2.18. The van der Waals surface area contributed by atoms with Crippen LogP contribution in [0, 0.1) is 0 Å². The molecule has 0 fully saturated rings. The number of amides is 1. The quantitative estimate of drug-likeness (QED) is 0.903. The van der Waals surface area contributed by atoms with Gasteiger partial charge in [0.05, 0.1) is 17.4 Å². The van der Waals surface area contributed by atoms with Crippen LogP contribution in [0.3, 0.4) is 0 Å². The summed E-state index contributed by atoms with van der Waals surface area (Å²) in [6.07, 6.45) is 2.63. The first-order chi connectivity index (χ1) is 10.7. The van der Waals surface area contributed by atoms with Gasteiger partial charge in [0.2, 0.25) is 0 Å². The zero-order chi connectivity index (χ0) is 17.2. The van der Waals surface area contributed by atoms with Crippen LogP contribution in [0.25, 0.3) is 11.2 Å². The van der Waals surface area contributed by atoms with Crippen molar-refractivity contribution in [2.45, 2.75) is 59.1 Å². The van der Waals surface area contributed by atoms with Gasteiger partial charge < -0.3 is 4.74 Å². The third kappa shape index (κ3) is 3.91. The van der Waals surface area contributed by atoms with E-state index in [1.807, 2.05) is 13.8 Å². The molecule has 0 saturated heterocycles. The third-order valence-electron chi connectivity index (χ3n) is 3.52. The zero-order valence-electron chi connectivity index (χ0n) is 14.3. The molecule has 0 atom stereocenters. The molecule has 1 amide bonds. The summed E-state index contributed by atoms with van der Waals surface area (Å²) < 4.78 is 6.92. The predicted octanol–water partition coefficient (Wildman–Crippen LogP) is 3.43. The number of H-pyrrole nitrogens is 1. The maximum Gasteiger partial charge on any atom is 0.412 e. The Kier molecular flexibility index (Phi) is 4.77. The number of aromatic amines is 1. The first-order valence-electron chi connectivity index (χ1n) is 7.85. The highest BCUT2D eigenvalue weighted by molar-refractivity contribution is 5.87.